The van der Waals surface area contributed by atoms with Crippen molar-refractivity contribution < 1.29 is 0 Å². The van der Waals surface area contributed by atoms with Gasteiger partial charge in [0.05, 0.1) is 11.4 Å². The Hall–Kier alpha value is -16.9. The van der Waals surface area contributed by atoms with Crippen molar-refractivity contribution in [2.45, 2.75) is 27.7 Å². The third-order valence-corrected chi connectivity index (χ3v) is 26.6. The maximum Gasteiger partial charge on any atom is 0.0620 e. The lowest BCUT2D eigenvalue weighted by molar-refractivity contribution is 1.28. The van der Waals surface area contributed by atoms with Crippen molar-refractivity contribution >= 4 is 176 Å². The summed E-state index contributed by atoms with van der Waals surface area (Å²) in [4.78, 5) is 9.74. The van der Waals surface area contributed by atoms with Gasteiger partial charge in [0.15, 0.2) is 0 Å². The number of fused-ring (bicyclic) bond motifs is 12. The van der Waals surface area contributed by atoms with Crippen molar-refractivity contribution in [3.05, 3.63) is 508 Å². The summed E-state index contributed by atoms with van der Waals surface area (Å²) in [6.07, 6.45) is 0. The first-order valence-electron chi connectivity index (χ1n) is 45.7. The van der Waals surface area contributed by atoms with E-state index in [9.17, 15) is 0 Å². The van der Waals surface area contributed by atoms with Crippen molar-refractivity contribution in [3.8, 4) is 44.5 Å². The number of benzene rings is 24. The molecule has 0 aliphatic carbocycles. The molecule has 0 N–H and O–H groups in total. The fourth-order valence-corrected chi connectivity index (χ4v) is 20.1. The van der Waals surface area contributed by atoms with Gasteiger partial charge in [0.25, 0.3) is 0 Å². The van der Waals surface area contributed by atoms with E-state index < -0.39 is 0 Å². The van der Waals surface area contributed by atoms with Crippen LogP contribution in [0.15, 0.2) is 485 Å². The minimum atomic E-state index is 1.09. The molecule has 624 valence electrons. The number of aryl methyl sites for hydroxylation is 4. The zero-order valence-electron chi connectivity index (χ0n) is 74.0. The van der Waals surface area contributed by atoms with Gasteiger partial charge in [-0.15, -0.1) is 0 Å². The minimum Gasteiger partial charge on any atom is -0.310 e. The zero-order chi connectivity index (χ0) is 88.3. The van der Waals surface area contributed by atoms with Crippen LogP contribution in [0.5, 0.6) is 0 Å². The molecule has 0 heterocycles. The number of rotatable bonds is 16. The number of para-hydroxylation sites is 4. The van der Waals surface area contributed by atoms with Gasteiger partial charge >= 0.3 is 0 Å². The zero-order valence-corrected chi connectivity index (χ0v) is 74.0. The predicted octanol–water partition coefficient (Wildman–Crippen LogP) is 36.7. The van der Waals surface area contributed by atoms with Crippen LogP contribution in [0, 0.1) is 27.7 Å². The Morgan fingerprint density at radius 1 is 0.129 bits per heavy atom. The van der Waals surface area contributed by atoms with E-state index in [2.05, 4.69) is 533 Å². The van der Waals surface area contributed by atoms with E-state index in [1.54, 1.807) is 0 Å². The second-order valence-corrected chi connectivity index (χ2v) is 35.0. The number of hydrogen-bond acceptors (Lipinski definition) is 4. The van der Waals surface area contributed by atoms with Crippen LogP contribution in [0.25, 0.3) is 152 Å². The van der Waals surface area contributed by atoms with E-state index >= 15 is 0 Å². The lowest BCUT2D eigenvalue weighted by Crippen LogP contribution is -2.15. The summed E-state index contributed by atoms with van der Waals surface area (Å²) in [5.41, 5.74) is 27.7. The molecule has 0 aliphatic heterocycles. The molecule has 132 heavy (non-hydrogen) atoms. The molecular weight excluding hydrogens is 1590 g/mol. The quantitative estimate of drug-likeness (QED) is 0.0543. The van der Waals surface area contributed by atoms with E-state index in [-0.39, 0.29) is 0 Å². The molecule has 0 fully saturated rings. The highest BCUT2D eigenvalue weighted by Crippen LogP contribution is 2.56. The number of nitrogens with zero attached hydrogens (tertiary/aromatic N) is 4. The van der Waals surface area contributed by atoms with E-state index in [1.807, 2.05) is 0 Å². The van der Waals surface area contributed by atoms with Crippen LogP contribution < -0.4 is 19.6 Å². The van der Waals surface area contributed by atoms with Gasteiger partial charge in [-0.2, -0.15) is 0 Å². The molecule has 0 aromatic heterocycles. The lowest BCUT2D eigenvalue weighted by Gasteiger charge is -2.33. The summed E-state index contributed by atoms with van der Waals surface area (Å²) >= 11 is 0. The smallest absolute Gasteiger partial charge is 0.0620 e. The fourth-order valence-electron chi connectivity index (χ4n) is 20.1. The molecule has 0 bridgehead atoms. The largest absolute Gasteiger partial charge is 0.310 e. The molecule has 4 nitrogen and oxygen atoms in total. The number of anilines is 12. The minimum absolute atomic E-state index is 1.09. The van der Waals surface area contributed by atoms with Gasteiger partial charge in [0.2, 0.25) is 0 Å². The van der Waals surface area contributed by atoms with Crippen LogP contribution in [-0.4, -0.2) is 0 Å². The lowest BCUT2D eigenvalue weighted by atomic mass is 9.82. The molecule has 24 rings (SSSR count). The van der Waals surface area contributed by atoms with E-state index in [1.165, 1.54) is 153 Å². The highest BCUT2D eigenvalue weighted by molar-refractivity contribution is 6.30. The highest BCUT2D eigenvalue weighted by Gasteiger charge is 2.30. The first-order chi connectivity index (χ1) is 65.1. The van der Waals surface area contributed by atoms with Gasteiger partial charge in [-0.1, -0.05) is 350 Å². The Labute approximate surface area is 769 Å². The van der Waals surface area contributed by atoms with Crippen molar-refractivity contribution in [2.24, 2.45) is 0 Å². The van der Waals surface area contributed by atoms with Crippen LogP contribution in [-0.2, 0) is 0 Å². The molecule has 24 aromatic rings. The second-order valence-electron chi connectivity index (χ2n) is 35.0. The Morgan fingerprint density at radius 3 is 0.712 bits per heavy atom. The van der Waals surface area contributed by atoms with Gasteiger partial charge in [-0.3, -0.25) is 0 Å². The topological polar surface area (TPSA) is 13.0 Å². The maximum atomic E-state index is 2.48. The monoisotopic (exact) mass is 1680 g/mol. The third kappa shape index (κ3) is 14.7. The van der Waals surface area contributed by atoms with Crippen molar-refractivity contribution in [3.63, 3.8) is 0 Å². The predicted molar refractivity (Wildman–Crippen MR) is 567 cm³/mol. The van der Waals surface area contributed by atoms with Crippen LogP contribution in [0.3, 0.4) is 0 Å². The number of hydrogen-bond donors (Lipinski definition) is 0. The van der Waals surface area contributed by atoms with Crippen LogP contribution in [0.2, 0.25) is 0 Å². The molecule has 24 aromatic carbocycles. The second kappa shape index (κ2) is 34.0. The molecule has 0 saturated carbocycles. The summed E-state index contributed by atoms with van der Waals surface area (Å²) in [5.74, 6) is 0. The van der Waals surface area contributed by atoms with E-state index in [0.29, 0.717) is 0 Å². The Morgan fingerprint density at radius 2 is 0.379 bits per heavy atom. The first kappa shape index (κ1) is 79.7. The Balaban J connectivity index is 0.000000150. The van der Waals surface area contributed by atoms with Gasteiger partial charge in [-0.05, 0) is 316 Å². The average molecular weight is 1690 g/mol. The molecular formula is C128H92N4. The molecule has 0 spiro atoms. The standard InChI is InChI=1S/C66H44N2.C62H48N2/c1-5-23-47(24-6-1)67(48-25-7-2-8-26-48)51-37-39-59-63(43-51)65(61-41-45-21-13-15-31-53(45)55-33-17-19-35-57(55)61)60-40-38-52(68(49-27-9-3-10-28-49)50-29-11-4-12-30-50)44-64(60)66(59)62-42-46-22-14-16-32-54(46)56-34-18-20-36-58(56)62;1-41-13-27-53(28-14-41)63(54-29-15-42(2)16-30-54)61-57-35-25-52(50-24-22-46-10-6-8-12-48(46)38-50)40-60(57)62(64(55-31-17-43(3)18-32-55)56-33-19-44(4)20-34-56)58-36-26-51(39-59(58)61)49-23-21-45-9-5-7-11-47(45)37-49/h1-44H;5-40H,1-4H3. The normalized spacial score (nSPS) is 11.5. The van der Waals surface area contributed by atoms with Gasteiger partial charge in [0.1, 0.15) is 0 Å². The summed E-state index contributed by atoms with van der Waals surface area (Å²) in [7, 11) is 0. The molecule has 0 saturated heterocycles. The molecule has 0 radical (unpaired) electrons. The first-order valence-corrected chi connectivity index (χ1v) is 45.7. The molecule has 0 unspecified atom stereocenters. The van der Waals surface area contributed by atoms with Gasteiger partial charge in [-0.25, -0.2) is 0 Å². The van der Waals surface area contributed by atoms with Crippen molar-refractivity contribution in [2.75, 3.05) is 19.6 Å². The van der Waals surface area contributed by atoms with E-state index in [0.717, 1.165) is 89.8 Å². The van der Waals surface area contributed by atoms with Crippen LogP contribution in [0.4, 0.5) is 68.2 Å². The SMILES string of the molecule is Cc1ccc(N(c2ccc(C)cc2)c2c3ccc(-c4ccc5ccccc5c4)cc3c(N(c3ccc(C)cc3)c3ccc(C)cc3)c3ccc(-c4ccc5ccccc5c4)cc23)cc1.c1ccc(N(c2ccccc2)c2ccc3c(-c4cc5ccccc5c5ccccc45)c4cc(N(c5ccccc5)c5ccccc5)ccc4c(-c4cc5ccccc5c5ccccc45)c3c2)cc1. The summed E-state index contributed by atoms with van der Waals surface area (Å²) in [6, 6.07) is 179. The van der Waals surface area contributed by atoms with Crippen LogP contribution >= 0.6 is 0 Å². The van der Waals surface area contributed by atoms with E-state index in [4.69, 9.17) is 0 Å². The molecule has 0 amide bonds. The summed E-state index contributed by atoms with van der Waals surface area (Å²) < 4.78 is 0. The average Bonchev–Trinajstić information content (AvgIpc) is 0.708. The molecule has 0 aliphatic rings. The summed E-state index contributed by atoms with van der Waals surface area (Å²) in [5, 5.41) is 24.2. The highest BCUT2D eigenvalue weighted by atomic mass is 15.2. The molecule has 0 atom stereocenters. The Kier molecular flexibility index (Phi) is 20.5. The van der Waals surface area contributed by atoms with Crippen molar-refractivity contribution in [1.29, 1.82) is 0 Å². The third-order valence-electron chi connectivity index (χ3n) is 26.6. The summed E-state index contributed by atoms with van der Waals surface area (Å²) in [6.45, 7) is 8.64. The van der Waals surface area contributed by atoms with Crippen molar-refractivity contribution in [1.82, 2.24) is 0 Å². The van der Waals surface area contributed by atoms with Gasteiger partial charge < -0.3 is 19.6 Å². The van der Waals surface area contributed by atoms with Gasteiger partial charge in [0, 0.05) is 78.4 Å². The van der Waals surface area contributed by atoms with Crippen LogP contribution in [0.1, 0.15) is 22.3 Å². The fraction of sp³-hybridized carbons (Fsp3) is 0.0312. The molecule has 4 heteroatoms. The maximum absolute atomic E-state index is 2.48. The Bertz CT molecular complexity index is 7860.